The second kappa shape index (κ2) is 6.92. The number of aryl methyl sites for hydroxylation is 1. The van der Waals surface area contributed by atoms with E-state index in [1.807, 2.05) is 0 Å². The molecule has 0 saturated carbocycles. The Morgan fingerprint density at radius 2 is 2.04 bits per heavy atom. The van der Waals surface area contributed by atoms with Crippen LogP contribution in [0.2, 0.25) is 0 Å². The van der Waals surface area contributed by atoms with Crippen molar-refractivity contribution in [1.29, 1.82) is 0 Å². The molecule has 0 saturated heterocycles. The Labute approximate surface area is 160 Å². The third kappa shape index (κ3) is 3.26. The molecule has 4 rings (SSSR count). The van der Waals surface area contributed by atoms with Crippen molar-refractivity contribution in [3.05, 3.63) is 76.4 Å². The minimum atomic E-state index is -0.996. The smallest absolute Gasteiger partial charge is 0.335 e. The fourth-order valence-electron chi connectivity index (χ4n) is 3.44. The van der Waals surface area contributed by atoms with E-state index in [2.05, 4.69) is 9.97 Å². The molecule has 1 aromatic heterocycles. The molecule has 28 heavy (non-hydrogen) atoms. The standard InChI is InChI=1S/C21H18FN3O3/c1-12-9-15(22)5-6-16(12)20(26)25-8-7-17-18(11-25)24-19(23-17)13-3-2-4-14(10-13)21(27)28/h2-6,9-10H,7-8,11H2,1H3,(H,23,24)(H,27,28). The van der Waals surface area contributed by atoms with E-state index in [9.17, 15) is 14.0 Å². The van der Waals surface area contributed by atoms with Crippen LogP contribution in [0.4, 0.5) is 4.39 Å². The van der Waals surface area contributed by atoms with Crippen LogP contribution in [0.25, 0.3) is 11.4 Å². The van der Waals surface area contributed by atoms with E-state index in [0.717, 1.165) is 11.4 Å². The Hall–Kier alpha value is -3.48. The summed E-state index contributed by atoms with van der Waals surface area (Å²) in [6.45, 7) is 2.61. The molecule has 142 valence electrons. The van der Waals surface area contributed by atoms with Crippen LogP contribution in [0, 0.1) is 12.7 Å². The fourth-order valence-corrected chi connectivity index (χ4v) is 3.44. The number of fused-ring (bicyclic) bond motifs is 1. The van der Waals surface area contributed by atoms with Gasteiger partial charge < -0.3 is 15.0 Å². The van der Waals surface area contributed by atoms with Crippen molar-refractivity contribution >= 4 is 11.9 Å². The summed E-state index contributed by atoms with van der Waals surface area (Å²) >= 11 is 0. The molecule has 0 unspecified atom stereocenters. The highest BCUT2D eigenvalue weighted by atomic mass is 19.1. The number of carboxylic acid groups (broad SMARTS) is 1. The molecule has 1 aliphatic rings. The Kier molecular flexibility index (Phi) is 4.43. The molecular weight excluding hydrogens is 361 g/mol. The van der Waals surface area contributed by atoms with Crippen LogP contribution in [-0.4, -0.2) is 38.4 Å². The molecule has 2 N–H and O–H groups in total. The highest BCUT2D eigenvalue weighted by molar-refractivity contribution is 5.95. The average molecular weight is 379 g/mol. The zero-order valence-corrected chi connectivity index (χ0v) is 15.2. The summed E-state index contributed by atoms with van der Waals surface area (Å²) in [5.41, 5.74) is 3.66. The highest BCUT2D eigenvalue weighted by Gasteiger charge is 2.25. The third-order valence-electron chi connectivity index (χ3n) is 4.92. The normalized spacial score (nSPS) is 13.3. The van der Waals surface area contributed by atoms with Gasteiger partial charge in [0.2, 0.25) is 0 Å². The minimum Gasteiger partial charge on any atom is -0.478 e. The molecule has 0 radical (unpaired) electrons. The maximum atomic E-state index is 13.3. The Balaban J connectivity index is 1.59. The van der Waals surface area contributed by atoms with Crippen molar-refractivity contribution in [3.8, 4) is 11.4 Å². The summed E-state index contributed by atoms with van der Waals surface area (Å²) in [5, 5.41) is 9.16. The van der Waals surface area contributed by atoms with Gasteiger partial charge in [-0.3, -0.25) is 4.79 Å². The zero-order valence-electron chi connectivity index (χ0n) is 15.2. The number of aromatic carboxylic acids is 1. The molecule has 7 heteroatoms. The lowest BCUT2D eigenvalue weighted by atomic mass is 10.1. The van der Waals surface area contributed by atoms with E-state index >= 15 is 0 Å². The molecule has 1 aliphatic heterocycles. The maximum absolute atomic E-state index is 13.3. The number of rotatable bonds is 3. The largest absolute Gasteiger partial charge is 0.478 e. The number of hydrogen-bond donors (Lipinski definition) is 2. The van der Waals surface area contributed by atoms with E-state index < -0.39 is 5.97 Å². The average Bonchev–Trinajstić information content (AvgIpc) is 3.11. The van der Waals surface area contributed by atoms with Crippen LogP contribution in [0.1, 0.15) is 37.7 Å². The molecule has 0 atom stereocenters. The lowest BCUT2D eigenvalue weighted by Gasteiger charge is -2.26. The second-order valence-electron chi connectivity index (χ2n) is 6.83. The monoisotopic (exact) mass is 379 g/mol. The number of carbonyl (C=O) groups excluding carboxylic acids is 1. The molecule has 0 spiro atoms. The van der Waals surface area contributed by atoms with E-state index in [0.29, 0.717) is 42.0 Å². The fraction of sp³-hybridized carbons (Fsp3) is 0.190. The molecule has 0 aliphatic carbocycles. The number of imidazole rings is 1. The van der Waals surface area contributed by atoms with E-state index in [4.69, 9.17) is 5.11 Å². The number of aromatic amines is 1. The van der Waals surface area contributed by atoms with Crippen LogP contribution in [0.15, 0.2) is 42.5 Å². The molecule has 0 fully saturated rings. The van der Waals surface area contributed by atoms with Crippen molar-refractivity contribution in [2.75, 3.05) is 6.54 Å². The van der Waals surface area contributed by atoms with Gasteiger partial charge in [-0.25, -0.2) is 14.2 Å². The minimum absolute atomic E-state index is 0.146. The number of H-pyrrole nitrogens is 1. The molecule has 3 aromatic rings. The number of carboxylic acids is 1. The summed E-state index contributed by atoms with van der Waals surface area (Å²) in [6.07, 6.45) is 0.594. The van der Waals surface area contributed by atoms with Crippen molar-refractivity contribution in [2.24, 2.45) is 0 Å². The molecule has 2 aromatic carbocycles. The van der Waals surface area contributed by atoms with E-state index in [1.54, 1.807) is 30.0 Å². The summed E-state index contributed by atoms with van der Waals surface area (Å²) in [6, 6.07) is 10.7. The lowest BCUT2D eigenvalue weighted by Crippen LogP contribution is -2.36. The van der Waals surface area contributed by atoms with Gasteiger partial charge in [0.05, 0.1) is 23.5 Å². The topological polar surface area (TPSA) is 86.3 Å². The predicted octanol–water partition coefficient (Wildman–Crippen LogP) is 3.42. The number of amides is 1. The van der Waals surface area contributed by atoms with Gasteiger partial charge in [-0.15, -0.1) is 0 Å². The van der Waals surface area contributed by atoms with Gasteiger partial charge in [-0.05, 0) is 42.8 Å². The third-order valence-corrected chi connectivity index (χ3v) is 4.92. The van der Waals surface area contributed by atoms with Crippen molar-refractivity contribution in [3.63, 3.8) is 0 Å². The van der Waals surface area contributed by atoms with Crippen LogP contribution in [-0.2, 0) is 13.0 Å². The Morgan fingerprint density at radius 1 is 1.21 bits per heavy atom. The number of carbonyl (C=O) groups is 2. The first-order chi connectivity index (χ1) is 13.4. The Bertz CT molecular complexity index is 1090. The lowest BCUT2D eigenvalue weighted by molar-refractivity contribution is 0.0694. The Morgan fingerprint density at radius 3 is 2.79 bits per heavy atom. The summed E-state index contributed by atoms with van der Waals surface area (Å²) in [5.74, 6) is -0.922. The predicted molar refractivity (Wildman–Crippen MR) is 101 cm³/mol. The molecule has 6 nitrogen and oxygen atoms in total. The number of nitrogens with zero attached hydrogens (tertiary/aromatic N) is 2. The number of halogens is 1. The van der Waals surface area contributed by atoms with Crippen molar-refractivity contribution < 1.29 is 19.1 Å². The molecular formula is C21H18FN3O3. The van der Waals surface area contributed by atoms with Gasteiger partial charge in [-0.2, -0.15) is 0 Å². The molecule has 2 heterocycles. The summed E-state index contributed by atoms with van der Waals surface area (Å²) < 4.78 is 13.3. The SMILES string of the molecule is Cc1cc(F)ccc1C(=O)N1CCc2nc(-c3cccc(C(=O)O)c3)[nH]c2C1. The number of aromatic nitrogens is 2. The van der Waals surface area contributed by atoms with E-state index in [1.165, 1.54) is 24.3 Å². The molecule has 1 amide bonds. The van der Waals surface area contributed by atoms with Crippen LogP contribution < -0.4 is 0 Å². The summed E-state index contributed by atoms with van der Waals surface area (Å²) in [4.78, 5) is 33.5. The van der Waals surface area contributed by atoms with E-state index in [-0.39, 0.29) is 17.3 Å². The van der Waals surface area contributed by atoms with Crippen LogP contribution >= 0.6 is 0 Å². The van der Waals surface area contributed by atoms with Gasteiger partial charge in [0.15, 0.2) is 0 Å². The maximum Gasteiger partial charge on any atom is 0.335 e. The number of nitrogens with one attached hydrogen (secondary N) is 1. The first kappa shape index (κ1) is 17.9. The quantitative estimate of drug-likeness (QED) is 0.730. The van der Waals surface area contributed by atoms with Crippen LogP contribution in [0.5, 0.6) is 0 Å². The van der Waals surface area contributed by atoms with Gasteiger partial charge in [0.1, 0.15) is 11.6 Å². The van der Waals surface area contributed by atoms with Gasteiger partial charge in [0.25, 0.3) is 5.91 Å². The van der Waals surface area contributed by atoms with Crippen molar-refractivity contribution in [2.45, 2.75) is 19.9 Å². The first-order valence-electron chi connectivity index (χ1n) is 8.89. The van der Waals surface area contributed by atoms with Crippen LogP contribution in [0.3, 0.4) is 0 Å². The van der Waals surface area contributed by atoms with Crippen molar-refractivity contribution in [1.82, 2.24) is 14.9 Å². The highest BCUT2D eigenvalue weighted by Crippen LogP contribution is 2.25. The van der Waals surface area contributed by atoms with Gasteiger partial charge in [0, 0.05) is 24.1 Å². The van der Waals surface area contributed by atoms with Gasteiger partial charge in [-0.1, -0.05) is 12.1 Å². The number of benzene rings is 2. The van der Waals surface area contributed by atoms with Gasteiger partial charge >= 0.3 is 5.97 Å². The summed E-state index contributed by atoms with van der Waals surface area (Å²) in [7, 11) is 0. The molecule has 0 bridgehead atoms. The number of hydrogen-bond acceptors (Lipinski definition) is 3. The second-order valence-corrected chi connectivity index (χ2v) is 6.83. The first-order valence-corrected chi connectivity index (χ1v) is 8.89. The zero-order chi connectivity index (χ0) is 19.8.